The zero-order valence-corrected chi connectivity index (χ0v) is 17.7. The summed E-state index contributed by atoms with van der Waals surface area (Å²) in [6.07, 6.45) is 1.74. The van der Waals surface area contributed by atoms with Crippen molar-refractivity contribution in [2.24, 2.45) is 0 Å². The van der Waals surface area contributed by atoms with Gasteiger partial charge in [0, 0.05) is 11.1 Å². The number of pyridine rings is 2. The fraction of sp³-hybridized carbons (Fsp3) is 0.368. The number of halogens is 2. The monoisotopic (exact) mass is 440 g/mol. The first-order valence-electron chi connectivity index (χ1n) is 9.01. The number of rotatable bonds is 5. The van der Waals surface area contributed by atoms with E-state index in [1.54, 1.807) is 0 Å². The largest absolute Gasteiger partial charge is 0.488 e. The summed E-state index contributed by atoms with van der Waals surface area (Å²) in [6.45, 7) is 5.94. The minimum Gasteiger partial charge on any atom is -0.488 e. The van der Waals surface area contributed by atoms with Crippen LogP contribution in [0.3, 0.4) is 0 Å². The molecular weight excluding hydrogens is 418 g/mol. The van der Waals surface area contributed by atoms with Gasteiger partial charge in [0.25, 0.3) is 0 Å². The molecule has 30 heavy (non-hydrogen) atoms. The molecule has 0 bridgehead atoms. The number of nitrogen functional groups attached to an aromatic ring is 1. The summed E-state index contributed by atoms with van der Waals surface area (Å²) in [5, 5.41) is 13.6. The number of aromatic nitrogens is 3. The second-order valence-corrected chi connectivity index (χ2v) is 10.5. The lowest BCUT2D eigenvalue weighted by Crippen LogP contribution is -2.29. The third-order valence-corrected chi connectivity index (χ3v) is 6.92. The van der Waals surface area contributed by atoms with Crippen LogP contribution in [0.5, 0.6) is 5.75 Å². The van der Waals surface area contributed by atoms with E-state index < -0.39 is 38.3 Å². The molecular formula is C19H22F2N4O4S. The lowest BCUT2D eigenvalue weighted by molar-refractivity contribution is 0.120. The average molecular weight is 440 g/mol. The smallest absolute Gasteiger partial charge is 0.223 e. The Balaban J connectivity index is 2.29. The average Bonchev–Trinajstić information content (AvgIpc) is 3.03. The second kappa shape index (κ2) is 7.47. The van der Waals surface area contributed by atoms with E-state index in [4.69, 9.17) is 10.5 Å². The van der Waals surface area contributed by atoms with E-state index in [1.165, 1.54) is 50.7 Å². The van der Waals surface area contributed by atoms with E-state index in [0.717, 1.165) is 6.07 Å². The van der Waals surface area contributed by atoms with Crippen molar-refractivity contribution in [1.82, 2.24) is 14.6 Å². The number of nitrogens with zero attached hydrogens (tertiary/aromatic N) is 3. The Morgan fingerprint density at radius 3 is 2.53 bits per heavy atom. The van der Waals surface area contributed by atoms with E-state index in [9.17, 15) is 22.3 Å². The summed E-state index contributed by atoms with van der Waals surface area (Å²) < 4.78 is 60.2. The number of hydrogen-bond acceptors (Lipinski definition) is 7. The summed E-state index contributed by atoms with van der Waals surface area (Å²) in [5.74, 6) is -2.53. The van der Waals surface area contributed by atoms with Crippen LogP contribution in [0.2, 0.25) is 0 Å². The van der Waals surface area contributed by atoms with Gasteiger partial charge in [0.05, 0.1) is 28.8 Å². The highest BCUT2D eigenvalue weighted by Gasteiger charge is 2.34. The van der Waals surface area contributed by atoms with Gasteiger partial charge in [-0.25, -0.2) is 17.3 Å². The molecule has 0 radical (unpaired) electrons. The molecule has 3 heterocycles. The van der Waals surface area contributed by atoms with Crippen LogP contribution >= 0.6 is 0 Å². The molecule has 8 nitrogen and oxygen atoms in total. The van der Waals surface area contributed by atoms with Crippen LogP contribution in [0.15, 0.2) is 29.4 Å². The predicted molar refractivity (Wildman–Crippen MR) is 107 cm³/mol. The van der Waals surface area contributed by atoms with Crippen molar-refractivity contribution in [2.45, 2.75) is 43.4 Å². The van der Waals surface area contributed by atoms with Gasteiger partial charge < -0.3 is 15.6 Å². The Labute approximate surface area is 172 Å². The number of fused-ring (bicyclic) bond motifs is 1. The van der Waals surface area contributed by atoms with Gasteiger partial charge in [0.2, 0.25) is 5.95 Å². The molecule has 0 unspecified atom stereocenters. The molecule has 0 spiro atoms. The third kappa shape index (κ3) is 3.82. The fourth-order valence-corrected chi connectivity index (χ4v) is 4.03. The van der Waals surface area contributed by atoms with E-state index >= 15 is 0 Å². The Morgan fingerprint density at radius 2 is 1.93 bits per heavy atom. The predicted octanol–water partition coefficient (Wildman–Crippen LogP) is 2.59. The maximum absolute atomic E-state index is 14.4. The van der Waals surface area contributed by atoms with Crippen LogP contribution in [0, 0.1) is 11.8 Å². The van der Waals surface area contributed by atoms with Gasteiger partial charge >= 0.3 is 0 Å². The Hall–Kier alpha value is -2.79. The molecule has 0 aliphatic rings. The number of ether oxygens (including phenoxy) is 1. The Morgan fingerprint density at radius 1 is 1.27 bits per heavy atom. The van der Waals surface area contributed by atoms with Gasteiger partial charge in [0.15, 0.2) is 27.2 Å². The fourth-order valence-electron chi connectivity index (χ4n) is 2.72. The van der Waals surface area contributed by atoms with Gasteiger partial charge in [-0.1, -0.05) is 0 Å². The molecule has 162 valence electrons. The maximum atomic E-state index is 14.4. The summed E-state index contributed by atoms with van der Waals surface area (Å²) in [5.41, 5.74) is 5.42. The molecule has 0 aliphatic heterocycles. The molecule has 0 aromatic carbocycles. The maximum Gasteiger partial charge on any atom is 0.223 e. The zero-order valence-electron chi connectivity index (χ0n) is 16.8. The highest BCUT2D eigenvalue weighted by Crippen LogP contribution is 2.36. The van der Waals surface area contributed by atoms with Crippen molar-refractivity contribution in [1.29, 1.82) is 0 Å². The number of anilines is 1. The first-order valence-corrected chi connectivity index (χ1v) is 10.5. The first kappa shape index (κ1) is 21.9. The van der Waals surface area contributed by atoms with Crippen LogP contribution in [-0.2, 0) is 9.84 Å². The van der Waals surface area contributed by atoms with Gasteiger partial charge in [0.1, 0.15) is 11.5 Å². The highest BCUT2D eigenvalue weighted by molar-refractivity contribution is 7.92. The van der Waals surface area contributed by atoms with Crippen LogP contribution in [-0.4, -0.2) is 45.6 Å². The SMILES string of the molecule is C[C@H](O)COc1cn2ncc(-c3cc(F)c(N)nc3F)c2cc1S(=O)(=O)C(C)(C)C. The molecule has 1 atom stereocenters. The molecule has 0 amide bonds. The standard InChI is InChI=1S/C19H22F2N4O4S/c1-10(26)9-29-15-8-25-14(6-16(15)30(27,28)19(2,3)4)12(7-23-25)11-5-13(20)18(22)24-17(11)21/h5-8,10,26H,9H2,1-4H3,(H2,22,24)/t10-/m0/s1. The molecule has 3 rings (SSSR count). The van der Waals surface area contributed by atoms with E-state index in [2.05, 4.69) is 10.1 Å². The molecule has 11 heteroatoms. The lowest BCUT2D eigenvalue weighted by atomic mass is 10.1. The molecule has 0 saturated carbocycles. The van der Waals surface area contributed by atoms with Gasteiger partial charge in [-0.2, -0.15) is 14.5 Å². The zero-order chi connectivity index (χ0) is 22.4. The number of aliphatic hydroxyl groups is 1. The van der Waals surface area contributed by atoms with Crippen LogP contribution < -0.4 is 10.5 Å². The van der Waals surface area contributed by atoms with Crippen LogP contribution in [0.1, 0.15) is 27.7 Å². The lowest BCUT2D eigenvalue weighted by Gasteiger charge is -2.22. The van der Waals surface area contributed by atoms with Gasteiger partial charge in [-0.05, 0) is 39.8 Å². The first-order chi connectivity index (χ1) is 13.8. The minimum atomic E-state index is -3.90. The van der Waals surface area contributed by atoms with Crippen LogP contribution in [0.25, 0.3) is 16.6 Å². The minimum absolute atomic E-state index is 0.0185. The highest BCUT2D eigenvalue weighted by atomic mass is 32.2. The molecule has 3 aromatic rings. The third-order valence-electron chi connectivity index (χ3n) is 4.41. The van der Waals surface area contributed by atoms with Crippen molar-refractivity contribution >= 4 is 21.2 Å². The van der Waals surface area contributed by atoms with E-state index in [0.29, 0.717) is 0 Å². The van der Waals surface area contributed by atoms with Gasteiger partial charge in [-0.15, -0.1) is 0 Å². The van der Waals surface area contributed by atoms with Crippen molar-refractivity contribution in [2.75, 3.05) is 12.3 Å². The van der Waals surface area contributed by atoms with E-state index in [1.807, 2.05) is 0 Å². The Kier molecular flexibility index (Phi) is 5.46. The molecule has 3 N–H and O–H groups in total. The van der Waals surface area contributed by atoms with Crippen molar-refractivity contribution < 1.29 is 27.0 Å². The van der Waals surface area contributed by atoms with E-state index in [-0.39, 0.29) is 33.9 Å². The summed E-state index contributed by atoms with van der Waals surface area (Å²) in [7, 11) is -3.90. The van der Waals surface area contributed by atoms with Crippen molar-refractivity contribution in [3.63, 3.8) is 0 Å². The number of aliphatic hydroxyl groups excluding tert-OH is 1. The molecule has 3 aromatic heterocycles. The van der Waals surface area contributed by atoms with Crippen molar-refractivity contribution in [3.05, 3.63) is 36.3 Å². The number of nitrogens with two attached hydrogens (primary N) is 1. The second-order valence-electron chi connectivity index (χ2n) is 7.86. The number of sulfone groups is 1. The Bertz CT molecular complexity index is 1220. The normalized spacial score (nSPS) is 13.6. The summed E-state index contributed by atoms with van der Waals surface area (Å²) in [4.78, 5) is 3.18. The van der Waals surface area contributed by atoms with Gasteiger partial charge in [-0.3, -0.25) is 0 Å². The van der Waals surface area contributed by atoms with Crippen molar-refractivity contribution in [3.8, 4) is 16.9 Å². The summed E-state index contributed by atoms with van der Waals surface area (Å²) in [6, 6.07) is 2.17. The van der Waals surface area contributed by atoms with Crippen LogP contribution in [0.4, 0.5) is 14.6 Å². The summed E-state index contributed by atoms with van der Waals surface area (Å²) >= 11 is 0. The molecule has 0 fully saturated rings. The molecule has 0 saturated heterocycles. The molecule has 0 aliphatic carbocycles. The quantitative estimate of drug-likeness (QED) is 0.585. The topological polar surface area (TPSA) is 120 Å². The number of hydrogen-bond donors (Lipinski definition) is 2.